The van der Waals surface area contributed by atoms with Crippen LogP contribution in [0.25, 0.3) is 11.3 Å². The van der Waals surface area contributed by atoms with Crippen LogP contribution in [0.3, 0.4) is 0 Å². The van der Waals surface area contributed by atoms with Crippen LogP contribution in [0.15, 0.2) is 47.4 Å². The Morgan fingerprint density at radius 1 is 1.30 bits per heavy atom. The number of halogens is 1. The molecule has 0 saturated carbocycles. The van der Waals surface area contributed by atoms with Gasteiger partial charge in [-0.2, -0.15) is 0 Å². The van der Waals surface area contributed by atoms with Crippen molar-refractivity contribution in [1.29, 1.82) is 0 Å². The predicted molar refractivity (Wildman–Crippen MR) is 97.3 cm³/mol. The van der Waals surface area contributed by atoms with Gasteiger partial charge in [0.1, 0.15) is 24.3 Å². The van der Waals surface area contributed by atoms with E-state index in [1.807, 2.05) is 12.1 Å². The Hall–Kier alpha value is -2.97. The Bertz CT molecular complexity index is 896. The number of rotatable bonds is 7. The van der Waals surface area contributed by atoms with Crippen LogP contribution in [-0.4, -0.2) is 38.8 Å². The maximum absolute atomic E-state index is 11.9. The number of aromatic nitrogens is 3. The van der Waals surface area contributed by atoms with E-state index < -0.39 is 5.91 Å². The summed E-state index contributed by atoms with van der Waals surface area (Å²) >= 11 is 5.90. The van der Waals surface area contributed by atoms with Crippen molar-refractivity contribution < 1.29 is 19.2 Å². The monoisotopic (exact) mass is 388 g/mol. The molecule has 1 amide bonds. The summed E-state index contributed by atoms with van der Waals surface area (Å²) in [6.07, 6.45) is 4.16. The molecule has 9 heteroatoms. The topological polar surface area (TPSA) is 110 Å². The smallest absolute Gasteiger partial charge is 0.271 e. The van der Waals surface area contributed by atoms with E-state index in [2.05, 4.69) is 20.4 Å². The lowest BCUT2D eigenvalue weighted by Crippen LogP contribution is -2.35. The zero-order chi connectivity index (χ0) is 19.2. The van der Waals surface area contributed by atoms with Gasteiger partial charge in [-0.1, -0.05) is 28.9 Å². The van der Waals surface area contributed by atoms with Crippen molar-refractivity contribution in [2.75, 3.05) is 6.61 Å². The average Bonchev–Trinajstić information content (AvgIpc) is 3.15. The number of carbonyl (C=O) groups excluding carboxylic acids is 1. The lowest BCUT2D eigenvalue weighted by Gasteiger charge is -2.10. The van der Waals surface area contributed by atoms with Crippen LogP contribution < -0.4 is 10.1 Å². The van der Waals surface area contributed by atoms with Gasteiger partial charge in [-0.3, -0.25) is 4.79 Å². The van der Waals surface area contributed by atoms with Gasteiger partial charge in [0.05, 0.1) is 24.6 Å². The molecule has 2 N–H and O–H groups in total. The van der Waals surface area contributed by atoms with Gasteiger partial charge < -0.3 is 19.7 Å². The first-order valence-electron chi connectivity index (χ1n) is 8.12. The van der Waals surface area contributed by atoms with Crippen molar-refractivity contribution >= 4 is 17.5 Å². The Morgan fingerprint density at radius 3 is 2.74 bits per heavy atom. The first-order valence-corrected chi connectivity index (χ1v) is 8.50. The normalized spacial score (nSPS) is 11.8. The van der Waals surface area contributed by atoms with Crippen LogP contribution >= 0.6 is 11.6 Å². The van der Waals surface area contributed by atoms with E-state index in [0.717, 1.165) is 11.1 Å². The van der Waals surface area contributed by atoms with Crippen molar-refractivity contribution in [2.45, 2.75) is 19.6 Å². The molecular weight excluding hydrogens is 372 g/mol. The zero-order valence-electron chi connectivity index (χ0n) is 14.4. The molecule has 2 heterocycles. The number of hydrogen-bond acceptors (Lipinski definition) is 7. The Labute approximate surface area is 160 Å². The number of aliphatic hydroxyl groups is 1. The minimum atomic E-state index is -0.417. The SMILES string of the molecule is C[C@@H](CO)NC(=O)c1cnc(OCc2conc2-c2ccc(Cl)cc2)cn1. The molecule has 1 aromatic carbocycles. The first-order chi connectivity index (χ1) is 13.1. The largest absolute Gasteiger partial charge is 0.471 e. The van der Waals surface area contributed by atoms with Crippen molar-refractivity contribution in [2.24, 2.45) is 0 Å². The van der Waals surface area contributed by atoms with Gasteiger partial charge in [-0.05, 0) is 19.1 Å². The maximum atomic E-state index is 11.9. The number of amides is 1. The van der Waals surface area contributed by atoms with Crippen LogP contribution in [0.2, 0.25) is 5.02 Å². The van der Waals surface area contributed by atoms with Gasteiger partial charge in [-0.15, -0.1) is 0 Å². The van der Waals surface area contributed by atoms with E-state index >= 15 is 0 Å². The zero-order valence-corrected chi connectivity index (χ0v) is 15.2. The fraction of sp³-hybridized carbons (Fsp3) is 0.222. The molecule has 0 aliphatic heterocycles. The van der Waals surface area contributed by atoms with Gasteiger partial charge in [0.25, 0.3) is 5.91 Å². The van der Waals surface area contributed by atoms with Gasteiger partial charge in [0.15, 0.2) is 0 Å². The summed E-state index contributed by atoms with van der Waals surface area (Å²) in [5.74, 6) is -0.162. The molecule has 0 aliphatic carbocycles. The maximum Gasteiger partial charge on any atom is 0.271 e. The van der Waals surface area contributed by atoms with Crippen LogP contribution in [0, 0.1) is 0 Å². The van der Waals surface area contributed by atoms with Gasteiger partial charge in [0.2, 0.25) is 5.88 Å². The summed E-state index contributed by atoms with van der Waals surface area (Å²) in [6.45, 7) is 1.69. The first kappa shape index (κ1) is 18.8. The fourth-order valence-corrected chi connectivity index (χ4v) is 2.33. The highest BCUT2D eigenvalue weighted by Crippen LogP contribution is 2.24. The number of nitrogens with zero attached hydrogens (tertiary/aromatic N) is 3. The molecule has 27 heavy (non-hydrogen) atoms. The number of carbonyl (C=O) groups is 1. The van der Waals surface area contributed by atoms with E-state index in [1.54, 1.807) is 19.1 Å². The van der Waals surface area contributed by atoms with E-state index in [4.69, 9.17) is 26.0 Å². The van der Waals surface area contributed by atoms with E-state index in [9.17, 15) is 4.79 Å². The molecule has 0 aliphatic rings. The molecule has 0 spiro atoms. The molecular formula is C18H17ClN4O4. The Morgan fingerprint density at radius 2 is 2.07 bits per heavy atom. The lowest BCUT2D eigenvalue weighted by atomic mass is 10.1. The van der Waals surface area contributed by atoms with Crippen molar-refractivity contribution in [3.63, 3.8) is 0 Å². The standard InChI is InChI=1S/C18H17ClN4O4/c1-11(8-24)22-18(25)15-6-21-16(7-20-15)26-9-13-10-27-23-17(13)12-2-4-14(19)5-3-12/h2-7,10-11,24H,8-9H2,1H3,(H,22,25)/t11-/m0/s1. The van der Waals surface area contributed by atoms with Gasteiger partial charge in [0, 0.05) is 16.6 Å². The summed E-state index contributed by atoms with van der Waals surface area (Å²) in [6, 6.07) is 6.84. The third kappa shape index (κ3) is 4.81. The predicted octanol–water partition coefficient (Wildman–Crippen LogP) is 2.47. The van der Waals surface area contributed by atoms with E-state index in [1.165, 1.54) is 18.7 Å². The van der Waals surface area contributed by atoms with Crippen molar-refractivity contribution in [3.8, 4) is 17.1 Å². The van der Waals surface area contributed by atoms with Gasteiger partial charge in [-0.25, -0.2) is 9.97 Å². The molecule has 0 radical (unpaired) electrons. The number of benzene rings is 1. The number of hydrogen-bond donors (Lipinski definition) is 2. The highest BCUT2D eigenvalue weighted by Gasteiger charge is 2.13. The third-order valence-corrected chi connectivity index (χ3v) is 3.90. The second kappa shape index (κ2) is 8.61. The molecule has 0 saturated heterocycles. The second-order valence-corrected chi connectivity index (χ2v) is 6.22. The van der Waals surface area contributed by atoms with Crippen molar-refractivity contribution in [3.05, 3.63) is 59.2 Å². The third-order valence-electron chi connectivity index (χ3n) is 3.65. The Balaban J connectivity index is 1.63. The summed E-state index contributed by atoms with van der Waals surface area (Å²) in [7, 11) is 0. The van der Waals surface area contributed by atoms with Gasteiger partial charge >= 0.3 is 0 Å². The van der Waals surface area contributed by atoms with Crippen molar-refractivity contribution in [1.82, 2.24) is 20.4 Å². The van der Waals surface area contributed by atoms with Crippen LogP contribution in [0.4, 0.5) is 0 Å². The minimum absolute atomic E-state index is 0.134. The van der Waals surface area contributed by atoms with Crippen LogP contribution in [0.5, 0.6) is 5.88 Å². The molecule has 0 bridgehead atoms. The molecule has 3 rings (SSSR count). The summed E-state index contributed by atoms with van der Waals surface area (Å²) in [5, 5.41) is 16.2. The van der Waals surface area contributed by atoms with Crippen LogP contribution in [0.1, 0.15) is 23.0 Å². The van der Waals surface area contributed by atoms with E-state index in [-0.39, 0.29) is 30.8 Å². The number of aliphatic hydroxyl groups excluding tert-OH is 1. The number of ether oxygens (including phenoxy) is 1. The molecule has 8 nitrogen and oxygen atoms in total. The fourth-order valence-electron chi connectivity index (χ4n) is 2.21. The summed E-state index contributed by atoms with van der Waals surface area (Å²) in [5.41, 5.74) is 2.36. The summed E-state index contributed by atoms with van der Waals surface area (Å²) in [4.78, 5) is 20.0. The molecule has 140 valence electrons. The minimum Gasteiger partial charge on any atom is -0.471 e. The highest BCUT2D eigenvalue weighted by atomic mass is 35.5. The lowest BCUT2D eigenvalue weighted by molar-refractivity contribution is 0.0916. The Kier molecular flexibility index (Phi) is 6.00. The second-order valence-electron chi connectivity index (χ2n) is 5.78. The quantitative estimate of drug-likeness (QED) is 0.639. The highest BCUT2D eigenvalue weighted by molar-refractivity contribution is 6.30. The number of nitrogens with one attached hydrogen (secondary N) is 1. The van der Waals surface area contributed by atoms with E-state index in [0.29, 0.717) is 10.7 Å². The van der Waals surface area contributed by atoms with Crippen LogP contribution in [-0.2, 0) is 6.61 Å². The molecule has 0 unspecified atom stereocenters. The molecule has 2 aromatic heterocycles. The molecule has 3 aromatic rings. The molecule has 1 atom stereocenters. The summed E-state index contributed by atoms with van der Waals surface area (Å²) < 4.78 is 10.6. The molecule has 0 fully saturated rings. The average molecular weight is 389 g/mol.